The van der Waals surface area contributed by atoms with Gasteiger partial charge in [-0.1, -0.05) is 46.3 Å². The average molecular weight is 445 g/mol. The molecule has 0 heterocycles. The Bertz CT molecular complexity index is 756. The molecule has 9 atom stereocenters. The molecule has 4 aliphatic carbocycles. The fourth-order valence-electron chi connectivity index (χ4n) is 9.36. The van der Waals surface area contributed by atoms with Gasteiger partial charge in [0, 0.05) is 18.3 Å². The first-order chi connectivity index (χ1) is 15.0. The van der Waals surface area contributed by atoms with Gasteiger partial charge >= 0.3 is 0 Å². The minimum atomic E-state index is -1.31. The van der Waals surface area contributed by atoms with Crippen LogP contribution in [0.25, 0.3) is 0 Å². The third-order valence-electron chi connectivity index (χ3n) is 11.4. The first kappa shape index (κ1) is 24.5. The summed E-state index contributed by atoms with van der Waals surface area (Å²) in [7, 11) is 0. The molecule has 4 aliphatic rings. The van der Waals surface area contributed by atoms with Crippen molar-refractivity contribution in [1.82, 2.24) is 0 Å². The summed E-state index contributed by atoms with van der Waals surface area (Å²) in [5.74, 6) is 3.56. The van der Waals surface area contributed by atoms with Crippen LogP contribution in [-0.4, -0.2) is 27.7 Å². The number of Topliss-reactive ketones (excluding diaryl/α,β-unsaturated/α-hetero) is 1. The number of aliphatic hydroxyl groups is 2. The Labute approximate surface area is 196 Å². The third kappa shape index (κ3) is 3.56. The molecule has 0 amide bonds. The summed E-state index contributed by atoms with van der Waals surface area (Å²) in [5.41, 5.74) is 0.235. The van der Waals surface area contributed by atoms with Crippen LogP contribution in [0.3, 0.4) is 0 Å². The predicted octanol–water partition coefficient (Wildman–Crippen LogP) is 6.32. The number of carbonyl (C=O) groups excluding carboxylic acids is 1. The second-order valence-electron chi connectivity index (χ2n) is 12.9. The van der Waals surface area contributed by atoms with Gasteiger partial charge in [-0.3, -0.25) is 4.79 Å². The SMILES string of the molecule is C/C=C(/CC[C@@H](C)C1CCC2C3CC(=O)[C@@]4(O)C[C@@H](O)CC[C@]4(C)C3CC[C@@]21C)C(C)C. The summed E-state index contributed by atoms with van der Waals surface area (Å²) in [5, 5.41) is 21.8. The van der Waals surface area contributed by atoms with E-state index in [2.05, 4.69) is 47.6 Å². The quantitative estimate of drug-likeness (QED) is 0.488. The highest BCUT2D eigenvalue weighted by Crippen LogP contribution is 2.68. The van der Waals surface area contributed by atoms with E-state index < -0.39 is 11.7 Å². The van der Waals surface area contributed by atoms with Crippen molar-refractivity contribution in [2.75, 3.05) is 0 Å². The van der Waals surface area contributed by atoms with Crippen molar-refractivity contribution in [2.24, 2.45) is 46.3 Å². The van der Waals surface area contributed by atoms with Gasteiger partial charge in [-0.05, 0) is 99.2 Å². The number of ketones is 1. The molecular formula is C29H48O3. The van der Waals surface area contributed by atoms with Gasteiger partial charge in [0.1, 0.15) is 5.60 Å². The van der Waals surface area contributed by atoms with E-state index >= 15 is 0 Å². The van der Waals surface area contributed by atoms with Gasteiger partial charge in [0.05, 0.1) is 6.10 Å². The van der Waals surface area contributed by atoms with Crippen LogP contribution in [0.4, 0.5) is 0 Å². The van der Waals surface area contributed by atoms with Crippen LogP contribution < -0.4 is 0 Å². The fraction of sp³-hybridized carbons (Fsp3) is 0.897. The van der Waals surface area contributed by atoms with Crippen LogP contribution in [0, 0.1) is 46.3 Å². The lowest BCUT2D eigenvalue weighted by atomic mass is 9.42. The molecule has 0 bridgehead atoms. The molecule has 0 aliphatic heterocycles. The topological polar surface area (TPSA) is 57.5 Å². The third-order valence-corrected chi connectivity index (χ3v) is 11.4. The average Bonchev–Trinajstić information content (AvgIpc) is 3.08. The zero-order valence-corrected chi connectivity index (χ0v) is 21.5. The standard InChI is InChI=1S/C29H48O3/c1-7-20(18(2)3)9-8-19(4)23-10-11-24-22-16-26(31)29(32)17-21(30)12-15-28(29,6)25(22)13-14-27(23,24)5/h7,18-19,21-25,30,32H,8-17H2,1-6H3/b20-7-/t19-,21+,22?,23?,24?,25?,27-,28-,29+/m1/s1. The molecule has 4 unspecified atom stereocenters. The molecule has 4 fully saturated rings. The summed E-state index contributed by atoms with van der Waals surface area (Å²) in [6, 6.07) is 0. The van der Waals surface area contributed by atoms with Gasteiger partial charge < -0.3 is 10.2 Å². The molecule has 0 saturated heterocycles. The van der Waals surface area contributed by atoms with Gasteiger partial charge in [-0.15, -0.1) is 0 Å². The molecule has 4 saturated carbocycles. The zero-order valence-electron chi connectivity index (χ0n) is 21.5. The highest BCUT2D eigenvalue weighted by Gasteiger charge is 2.67. The predicted molar refractivity (Wildman–Crippen MR) is 130 cm³/mol. The Morgan fingerprint density at radius 3 is 2.47 bits per heavy atom. The van der Waals surface area contributed by atoms with Crippen LogP contribution >= 0.6 is 0 Å². The van der Waals surface area contributed by atoms with E-state index in [-0.39, 0.29) is 17.6 Å². The zero-order chi connectivity index (χ0) is 23.5. The van der Waals surface area contributed by atoms with Crippen molar-refractivity contribution < 1.29 is 15.0 Å². The van der Waals surface area contributed by atoms with Crippen LogP contribution in [0.15, 0.2) is 11.6 Å². The largest absolute Gasteiger partial charge is 0.393 e. The van der Waals surface area contributed by atoms with Gasteiger partial charge in [0.15, 0.2) is 5.78 Å². The number of rotatable bonds is 5. The Morgan fingerprint density at radius 2 is 1.81 bits per heavy atom. The van der Waals surface area contributed by atoms with E-state index in [1.165, 1.54) is 32.1 Å². The lowest BCUT2D eigenvalue weighted by molar-refractivity contribution is -0.213. The maximum Gasteiger partial charge on any atom is 0.165 e. The normalized spacial score (nSPS) is 47.7. The number of aliphatic hydroxyl groups excluding tert-OH is 1. The van der Waals surface area contributed by atoms with Crippen molar-refractivity contribution >= 4 is 5.78 Å². The number of carbonyl (C=O) groups is 1. The van der Waals surface area contributed by atoms with Gasteiger partial charge in [-0.25, -0.2) is 0 Å². The minimum absolute atomic E-state index is 0.0235. The van der Waals surface area contributed by atoms with Crippen molar-refractivity contribution in [3.05, 3.63) is 11.6 Å². The number of allylic oxidation sites excluding steroid dienone is 2. The molecule has 0 aromatic rings. The Morgan fingerprint density at radius 1 is 1.09 bits per heavy atom. The molecule has 3 nitrogen and oxygen atoms in total. The molecule has 0 radical (unpaired) electrons. The van der Waals surface area contributed by atoms with Crippen LogP contribution in [0.1, 0.15) is 106 Å². The van der Waals surface area contributed by atoms with Gasteiger partial charge in [0.2, 0.25) is 0 Å². The van der Waals surface area contributed by atoms with E-state index in [0.29, 0.717) is 41.4 Å². The fourth-order valence-corrected chi connectivity index (χ4v) is 9.36. The smallest absolute Gasteiger partial charge is 0.165 e. The summed E-state index contributed by atoms with van der Waals surface area (Å²) in [6.07, 6.45) is 11.5. The summed E-state index contributed by atoms with van der Waals surface area (Å²) in [6.45, 7) is 14.0. The van der Waals surface area contributed by atoms with Crippen molar-refractivity contribution in [3.63, 3.8) is 0 Å². The van der Waals surface area contributed by atoms with E-state index in [1.54, 1.807) is 5.57 Å². The maximum absolute atomic E-state index is 13.4. The molecule has 0 aromatic carbocycles. The van der Waals surface area contributed by atoms with Gasteiger partial charge in [0.25, 0.3) is 0 Å². The van der Waals surface area contributed by atoms with Crippen LogP contribution in [0.5, 0.6) is 0 Å². The molecule has 0 aromatic heterocycles. The first-order valence-electron chi connectivity index (χ1n) is 13.6. The molecule has 0 spiro atoms. The molecule has 32 heavy (non-hydrogen) atoms. The molecule has 3 heteroatoms. The van der Waals surface area contributed by atoms with E-state index in [1.807, 2.05) is 0 Å². The monoisotopic (exact) mass is 444 g/mol. The first-order valence-corrected chi connectivity index (χ1v) is 13.6. The van der Waals surface area contributed by atoms with Crippen molar-refractivity contribution in [2.45, 2.75) is 117 Å². The van der Waals surface area contributed by atoms with E-state index in [4.69, 9.17) is 0 Å². The van der Waals surface area contributed by atoms with E-state index in [0.717, 1.165) is 25.2 Å². The highest BCUT2D eigenvalue weighted by molar-refractivity contribution is 5.89. The Balaban J connectivity index is 1.53. The minimum Gasteiger partial charge on any atom is -0.393 e. The second kappa shape index (κ2) is 8.52. The second-order valence-corrected chi connectivity index (χ2v) is 12.9. The van der Waals surface area contributed by atoms with E-state index in [9.17, 15) is 15.0 Å². The maximum atomic E-state index is 13.4. The van der Waals surface area contributed by atoms with Crippen LogP contribution in [0.2, 0.25) is 0 Å². The lowest BCUT2D eigenvalue weighted by Gasteiger charge is -2.63. The van der Waals surface area contributed by atoms with Crippen molar-refractivity contribution in [3.8, 4) is 0 Å². The summed E-state index contributed by atoms with van der Waals surface area (Å²) >= 11 is 0. The van der Waals surface area contributed by atoms with Crippen LogP contribution in [-0.2, 0) is 4.79 Å². The molecule has 4 rings (SSSR count). The summed E-state index contributed by atoms with van der Waals surface area (Å²) in [4.78, 5) is 13.4. The van der Waals surface area contributed by atoms with Crippen molar-refractivity contribution in [1.29, 1.82) is 0 Å². The lowest BCUT2D eigenvalue weighted by Crippen LogP contribution is -2.67. The number of hydrogen-bond acceptors (Lipinski definition) is 3. The molecule has 2 N–H and O–H groups in total. The summed E-state index contributed by atoms with van der Waals surface area (Å²) < 4.78 is 0. The Kier molecular flexibility index (Phi) is 6.51. The van der Waals surface area contributed by atoms with Gasteiger partial charge in [-0.2, -0.15) is 0 Å². The number of hydrogen-bond donors (Lipinski definition) is 2. The molecule has 182 valence electrons. The Hall–Kier alpha value is -0.670. The number of fused-ring (bicyclic) bond motifs is 5. The highest BCUT2D eigenvalue weighted by atomic mass is 16.3. The molecular weight excluding hydrogens is 396 g/mol.